The van der Waals surface area contributed by atoms with Crippen molar-refractivity contribution in [2.45, 2.75) is 0 Å². The van der Waals surface area contributed by atoms with E-state index in [1.807, 2.05) is 60.7 Å². The van der Waals surface area contributed by atoms with Gasteiger partial charge in [-0.2, -0.15) is 0 Å². The summed E-state index contributed by atoms with van der Waals surface area (Å²) in [4.78, 5) is 24.6. The third kappa shape index (κ3) is 4.13. The summed E-state index contributed by atoms with van der Waals surface area (Å²) >= 11 is 0. The van der Waals surface area contributed by atoms with Crippen LogP contribution in [0.5, 0.6) is 6.01 Å². The maximum absolute atomic E-state index is 11.4. The molecule has 25 heavy (non-hydrogen) atoms. The molecule has 6 nitrogen and oxygen atoms in total. The molecule has 0 radical (unpaired) electrons. The van der Waals surface area contributed by atoms with Crippen molar-refractivity contribution < 1.29 is 14.7 Å². The number of benzene rings is 2. The molecule has 2 aromatic carbocycles. The normalized spacial score (nSPS) is 10.1. The number of hydrogen-bond acceptors (Lipinski definition) is 6. The van der Waals surface area contributed by atoms with Crippen LogP contribution >= 0.6 is 0 Å². The first-order valence-corrected chi connectivity index (χ1v) is 7.60. The Morgan fingerprint density at radius 3 is 1.88 bits per heavy atom. The average molecular weight is 333 g/mol. The smallest absolute Gasteiger partial charge is 0.345 e. The molecule has 1 N–H and O–H groups in total. The molecule has 0 atom stereocenters. The van der Waals surface area contributed by atoms with Gasteiger partial charge in [0.05, 0.1) is 5.56 Å². The zero-order valence-corrected chi connectivity index (χ0v) is 13.2. The standard InChI is InChI=1S/C19H15N3O3/c23-13-17(24)16-11-20-19(21-12-16)25-22-18(14-7-3-1-4-8-14)15-9-5-2-6-10-15/h1-12,23H,13H2. The van der Waals surface area contributed by atoms with Crippen molar-refractivity contribution in [3.05, 3.63) is 89.7 Å². The van der Waals surface area contributed by atoms with E-state index >= 15 is 0 Å². The number of oxime groups is 1. The number of rotatable bonds is 6. The maximum Gasteiger partial charge on any atom is 0.345 e. The first-order valence-electron chi connectivity index (χ1n) is 7.60. The van der Waals surface area contributed by atoms with Crippen LogP contribution in [0.1, 0.15) is 21.5 Å². The second-order valence-electron chi connectivity index (χ2n) is 5.10. The van der Waals surface area contributed by atoms with E-state index in [-0.39, 0.29) is 11.6 Å². The molecule has 0 saturated heterocycles. The van der Waals surface area contributed by atoms with E-state index in [2.05, 4.69) is 15.1 Å². The lowest BCUT2D eigenvalue weighted by atomic mass is 10.0. The minimum absolute atomic E-state index is 0.0128. The quantitative estimate of drug-likeness (QED) is 0.425. The summed E-state index contributed by atoms with van der Waals surface area (Å²) in [5.41, 5.74) is 2.63. The van der Waals surface area contributed by atoms with Crippen molar-refractivity contribution >= 4 is 11.5 Å². The van der Waals surface area contributed by atoms with E-state index in [1.54, 1.807) is 0 Å². The lowest BCUT2D eigenvalue weighted by Crippen LogP contribution is -2.08. The van der Waals surface area contributed by atoms with E-state index in [4.69, 9.17) is 9.94 Å². The first kappa shape index (κ1) is 16.5. The van der Waals surface area contributed by atoms with Gasteiger partial charge < -0.3 is 9.94 Å². The van der Waals surface area contributed by atoms with Gasteiger partial charge in [-0.25, -0.2) is 9.97 Å². The molecule has 1 aromatic heterocycles. The average Bonchev–Trinajstić information content (AvgIpc) is 2.70. The Morgan fingerprint density at radius 1 is 0.880 bits per heavy atom. The number of ketones is 1. The van der Waals surface area contributed by atoms with Gasteiger partial charge in [-0.3, -0.25) is 4.79 Å². The van der Waals surface area contributed by atoms with E-state index < -0.39 is 12.4 Å². The minimum Gasteiger partial charge on any atom is -0.388 e. The van der Waals surface area contributed by atoms with Crippen LogP contribution in [0.3, 0.4) is 0 Å². The van der Waals surface area contributed by atoms with Gasteiger partial charge in [0.2, 0.25) is 0 Å². The molecule has 0 fully saturated rings. The van der Waals surface area contributed by atoms with Gasteiger partial charge in [-0.15, -0.1) is 0 Å². The molecule has 0 saturated carbocycles. The highest BCUT2D eigenvalue weighted by Gasteiger charge is 2.09. The second-order valence-corrected chi connectivity index (χ2v) is 5.10. The van der Waals surface area contributed by atoms with Gasteiger partial charge >= 0.3 is 6.01 Å². The second kappa shape index (κ2) is 7.94. The summed E-state index contributed by atoms with van der Waals surface area (Å²) in [6.07, 6.45) is 2.59. The topological polar surface area (TPSA) is 84.7 Å². The van der Waals surface area contributed by atoms with Crippen molar-refractivity contribution in [2.75, 3.05) is 6.61 Å². The van der Waals surface area contributed by atoms with Crippen LogP contribution in [-0.2, 0) is 0 Å². The first-order chi connectivity index (χ1) is 12.3. The summed E-state index contributed by atoms with van der Waals surface area (Å²) in [5.74, 6) is -0.454. The van der Waals surface area contributed by atoms with Gasteiger partial charge in [0.1, 0.15) is 12.3 Å². The zero-order valence-electron chi connectivity index (χ0n) is 13.2. The van der Waals surface area contributed by atoms with Crippen LogP contribution < -0.4 is 4.84 Å². The molecule has 6 heteroatoms. The van der Waals surface area contributed by atoms with E-state index in [0.29, 0.717) is 5.71 Å². The predicted octanol–water partition coefficient (Wildman–Crippen LogP) is 2.48. The molecule has 0 bridgehead atoms. The highest BCUT2D eigenvalue weighted by atomic mass is 16.6. The van der Waals surface area contributed by atoms with E-state index in [9.17, 15) is 4.79 Å². The molecule has 0 spiro atoms. The molecule has 124 valence electrons. The van der Waals surface area contributed by atoms with Crippen molar-refractivity contribution in [1.29, 1.82) is 0 Å². The van der Waals surface area contributed by atoms with Gasteiger partial charge in [0.15, 0.2) is 5.78 Å². The highest BCUT2D eigenvalue weighted by Crippen LogP contribution is 2.12. The molecule has 3 aromatic rings. The third-order valence-corrected chi connectivity index (χ3v) is 3.41. The van der Waals surface area contributed by atoms with Crippen LogP contribution in [-0.4, -0.2) is 33.2 Å². The SMILES string of the molecule is O=C(CO)c1cnc(ON=C(c2ccccc2)c2ccccc2)nc1. The molecule has 0 aliphatic heterocycles. The Hall–Kier alpha value is -3.38. The number of Topliss-reactive ketones (excluding diaryl/α,β-unsaturated/α-hetero) is 1. The molecule has 0 aliphatic rings. The molecule has 0 unspecified atom stereocenters. The summed E-state index contributed by atoms with van der Waals surface area (Å²) in [6.45, 7) is -0.589. The fourth-order valence-corrected chi connectivity index (χ4v) is 2.15. The van der Waals surface area contributed by atoms with Gasteiger partial charge in [-0.05, 0) is 0 Å². The number of nitrogens with zero attached hydrogens (tertiary/aromatic N) is 3. The number of aromatic nitrogens is 2. The van der Waals surface area contributed by atoms with Crippen molar-refractivity contribution in [1.82, 2.24) is 9.97 Å². The lowest BCUT2D eigenvalue weighted by Gasteiger charge is -2.06. The molecule has 0 amide bonds. The molecule has 0 aliphatic carbocycles. The number of aliphatic hydroxyl groups is 1. The number of carbonyl (C=O) groups is 1. The highest BCUT2D eigenvalue weighted by molar-refractivity contribution is 6.12. The Labute approximate surface area is 144 Å². The Kier molecular flexibility index (Phi) is 5.23. The Morgan fingerprint density at radius 2 is 1.40 bits per heavy atom. The summed E-state index contributed by atoms with van der Waals surface area (Å²) < 4.78 is 0. The third-order valence-electron chi connectivity index (χ3n) is 3.41. The van der Waals surface area contributed by atoms with Crippen LogP contribution in [0.25, 0.3) is 0 Å². The van der Waals surface area contributed by atoms with Gasteiger partial charge in [0, 0.05) is 23.5 Å². The molecule has 3 rings (SSSR count). The summed E-state index contributed by atoms with van der Waals surface area (Å²) in [7, 11) is 0. The summed E-state index contributed by atoms with van der Waals surface area (Å²) in [6, 6.07) is 19.2. The fraction of sp³-hybridized carbons (Fsp3) is 0.0526. The number of carbonyl (C=O) groups excluding carboxylic acids is 1. The number of aliphatic hydroxyl groups excluding tert-OH is 1. The fourth-order valence-electron chi connectivity index (χ4n) is 2.15. The lowest BCUT2D eigenvalue weighted by molar-refractivity contribution is 0.0902. The maximum atomic E-state index is 11.4. The molecular formula is C19H15N3O3. The van der Waals surface area contributed by atoms with Crippen molar-refractivity contribution in [3.63, 3.8) is 0 Å². The Balaban J connectivity index is 1.88. The van der Waals surface area contributed by atoms with E-state index in [0.717, 1.165) is 11.1 Å². The number of hydrogen-bond donors (Lipinski definition) is 1. The monoisotopic (exact) mass is 333 g/mol. The predicted molar refractivity (Wildman–Crippen MR) is 92.6 cm³/mol. The largest absolute Gasteiger partial charge is 0.388 e. The van der Waals surface area contributed by atoms with Crippen molar-refractivity contribution in [2.24, 2.45) is 5.16 Å². The van der Waals surface area contributed by atoms with Crippen molar-refractivity contribution in [3.8, 4) is 6.01 Å². The van der Waals surface area contributed by atoms with E-state index in [1.165, 1.54) is 12.4 Å². The van der Waals surface area contributed by atoms with Crippen LogP contribution in [0.2, 0.25) is 0 Å². The Bertz CT molecular complexity index is 822. The molecular weight excluding hydrogens is 318 g/mol. The minimum atomic E-state index is -0.589. The molecule has 1 heterocycles. The zero-order chi connectivity index (χ0) is 17.5. The van der Waals surface area contributed by atoms with Gasteiger partial charge in [-0.1, -0.05) is 65.8 Å². The van der Waals surface area contributed by atoms with Crippen LogP contribution in [0.4, 0.5) is 0 Å². The van der Waals surface area contributed by atoms with Crippen LogP contribution in [0, 0.1) is 0 Å². The van der Waals surface area contributed by atoms with Crippen LogP contribution in [0.15, 0.2) is 78.2 Å². The summed E-state index contributed by atoms with van der Waals surface area (Å²) in [5, 5.41) is 13.0. The van der Waals surface area contributed by atoms with Gasteiger partial charge in [0.25, 0.3) is 0 Å².